The van der Waals surface area contributed by atoms with Crippen LogP contribution in [0.5, 0.6) is 5.75 Å². The molecule has 0 spiro atoms. The largest absolute Gasteiger partial charge is 0.508 e. The van der Waals surface area contributed by atoms with Crippen molar-refractivity contribution in [2.45, 2.75) is 152 Å². The lowest BCUT2D eigenvalue weighted by Gasteiger charge is -2.32. The summed E-state index contributed by atoms with van der Waals surface area (Å²) in [6, 6.07) is -11.0. The number of thiol groups is 1. The Morgan fingerprint density at radius 3 is 1.79 bits per heavy atom. The van der Waals surface area contributed by atoms with E-state index in [2.05, 4.69) is 65.5 Å². The van der Waals surface area contributed by atoms with Crippen molar-refractivity contribution in [3.05, 3.63) is 42.0 Å². The number of phenolic OH excluding ortho intramolecular Hbond substituents is 1. The van der Waals surface area contributed by atoms with Gasteiger partial charge in [0, 0.05) is 38.1 Å². The fraction of sp³-hybridized carbons (Fsp3) is 0.540. The highest BCUT2D eigenvalue weighted by Gasteiger charge is 2.37. The average molecular weight is 1210 g/mol. The molecule has 0 unspecified atom stereocenters. The number of nitrogens with two attached hydrogens (primary N) is 4. The zero-order valence-corrected chi connectivity index (χ0v) is 47.4. The van der Waals surface area contributed by atoms with Crippen molar-refractivity contribution in [3.63, 3.8) is 0 Å². The van der Waals surface area contributed by atoms with E-state index in [1.807, 2.05) is 0 Å². The molecule has 33 nitrogen and oxygen atoms in total. The van der Waals surface area contributed by atoms with E-state index in [1.54, 1.807) is 0 Å². The number of nitrogens with one attached hydrogen (secondary N) is 9. The SMILES string of the molecule is C[C@H](NC(=O)[C@H](CC(N)=O)NC(=O)[C@H](Cc1ccc(O)cc1)NC(=O)[C@H](CCC(=O)O)NC(=O)[C@H](CS)NC(=O)[C@H](CC(=O)O)NC(=O)[C@H](C)N1C/C=C/CCC(=O)N[C@@H]([C@@H](C)O)C(=O)N[C@@H](C)C1=O)C(=O)N[C@@H](CCCN=C(N)N)C(N)=O. The van der Waals surface area contributed by atoms with Gasteiger partial charge in [-0.3, -0.25) is 72.1 Å². The van der Waals surface area contributed by atoms with Crippen LogP contribution in [0.4, 0.5) is 0 Å². The predicted octanol–water partition coefficient (Wildman–Crippen LogP) is -7.03. The normalized spacial score (nSPS) is 18.2. The van der Waals surface area contributed by atoms with E-state index in [-0.39, 0.29) is 56.0 Å². The first-order valence-electron chi connectivity index (χ1n) is 26.2. The van der Waals surface area contributed by atoms with Crippen molar-refractivity contribution in [2.24, 2.45) is 27.9 Å². The number of hydrogen-bond acceptors (Lipinski definition) is 18. The number of rotatable bonds is 31. The van der Waals surface area contributed by atoms with Crippen LogP contribution >= 0.6 is 12.6 Å². The number of guanidine groups is 1. The summed E-state index contributed by atoms with van der Waals surface area (Å²) in [6.45, 7) is 4.74. The van der Waals surface area contributed by atoms with Crippen molar-refractivity contribution in [2.75, 3.05) is 18.8 Å². The third kappa shape index (κ3) is 25.0. The van der Waals surface area contributed by atoms with Gasteiger partial charge in [0.05, 0.1) is 18.9 Å². The van der Waals surface area contributed by atoms with Crippen molar-refractivity contribution in [1.29, 1.82) is 0 Å². The highest BCUT2D eigenvalue weighted by molar-refractivity contribution is 7.80. The van der Waals surface area contributed by atoms with E-state index in [1.165, 1.54) is 64.1 Å². The van der Waals surface area contributed by atoms with Gasteiger partial charge in [-0.1, -0.05) is 24.3 Å². The molecule has 21 N–H and O–H groups in total. The fourth-order valence-corrected chi connectivity index (χ4v) is 8.07. The minimum atomic E-state index is -1.96. The Kier molecular flexibility index (Phi) is 29.6. The first-order chi connectivity index (χ1) is 39.3. The Bertz CT molecular complexity index is 2640. The van der Waals surface area contributed by atoms with Gasteiger partial charge in [0.15, 0.2) is 5.96 Å². The molecule has 0 saturated carbocycles. The number of aliphatic carboxylic acids is 2. The van der Waals surface area contributed by atoms with Gasteiger partial charge < -0.3 is 96.1 Å². The molecule has 1 aliphatic heterocycles. The molecule has 11 atom stereocenters. The fourth-order valence-electron chi connectivity index (χ4n) is 7.81. The Morgan fingerprint density at radius 1 is 0.679 bits per heavy atom. The third-order valence-corrected chi connectivity index (χ3v) is 12.8. The smallest absolute Gasteiger partial charge is 0.305 e. The van der Waals surface area contributed by atoms with E-state index >= 15 is 0 Å². The molecule has 12 amide bonds. The van der Waals surface area contributed by atoms with Gasteiger partial charge in [-0.25, -0.2) is 0 Å². The lowest BCUT2D eigenvalue weighted by molar-refractivity contribution is -0.144. The van der Waals surface area contributed by atoms with Gasteiger partial charge in [-0.05, 0) is 71.1 Å². The van der Waals surface area contributed by atoms with Gasteiger partial charge >= 0.3 is 11.9 Å². The molecule has 84 heavy (non-hydrogen) atoms. The number of hydrogen-bond donors (Lipinski definition) is 18. The van der Waals surface area contributed by atoms with E-state index in [0.29, 0.717) is 0 Å². The van der Waals surface area contributed by atoms with Crippen LogP contribution in [-0.4, -0.2) is 199 Å². The molecule has 0 aromatic heterocycles. The Hall–Kier alpha value is -9.08. The van der Waals surface area contributed by atoms with E-state index in [9.17, 15) is 87.5 Å². The number of aromatic hydroxyl groups is 1. The number of amides is 12. The number of aliphatic imine (C=N–C) groups is 1. The second-order valence-corrected chi connectivity index (χ2v) is 19.8. The number of phenols is 1. The van der Waals surface area contributed by atoms with Crippen molar-refractivity contribution >= 4 is 101 Å². The van der Waals surface area contributed by atoms with Gasteiger partial charge in [0.1, 0.15) is 66.2 Å². The number of nitrogens with zero attached hydrogens (tertiary/aromatic N) is 2. The van der Waals surface area contributed by atoms with Crippen LogP contribution in [0, 0.1) is 0 Å². The molecule has 1 heterocycles. The summed E-state index contributed by atoms with van der Waals surface area (Å²) in [7, 11) is 0. The number of carboxylic acids is 2. The molecular weight excluding hydrogens is 1130 g/mol. The number of benzene rings is 1. The van der Waals surface area contributed by atoms with Crippen LogP contribution in [0.15, 0.2) is 41.4 Å². The number of allylic oxidation sites excluding steroid dienone is 1. The lowest BCUT2D eigenvalue weighted by atomic mass is 10.0. The van der Waals surface area contributed by atoms with Crippen LogP contribution in [-0.2, 0) is 73.5 Å². The summed E-state index contributed by atoms with van der Waals surface area (Å²) in [6.07, 6.45) is -2.09. The standard InChI is InChI=1S/C50H75N15O18S/c1-23(41(75)58-29(40(52)74)9-8-17-55-50(53)54)56-44(78)32(20-35(51)68)62-45(79)31(19-27-11-13-28(67)14-12-27)61-43(77)30(15-16-37(70)71)59-47(81)34(22-84)63-46(80)33(21-38(72)73)60-42(76)25(3)65-18-7-5-6-10-36(69)64-39(26(4)66)48(82)57-24(2)49(65)83/h5,7,11-14,23-26,29-34,39,66-67,84H,6,8-10,15-22H2,1-4H3,(H2,51,68)(H2,52,74)(H,56,78)(H,57,82)(H,58,75)(H,59,81)(H,60,76)(H,61,77)(H,62,79)(H,63,80)(H,64,69)(H,70,71)(H,72,73)(H4,53,54,55)/b7-5+/t23-,24-,25-,26+,29-,30-,31-,32-,33-,34-,39-/m0/s1. The van der Waals surface area contributed by atoms with Crippen molar-refractivity contribution in [1.82, 2.24) is 52.8 Å². The number of carbonyl (C=O) groups excluding carboxylic acids is 12. The molecule has 0 fully saturated rings. The predicted molar refractivity (Wildman–Crippen MR) is 298 cm³/mol. The summed E-state index contributed by atoms with van der Waals surface area (Å²) in [5, 5.41) is 60.2. The molecule has 2 rings (SSSR count). The van der Waals surface area contributed by atoms with Crippen LogP contribution < -0.4 is 70.8 Å². The molecule has 1 aliphatic rings. The lowest BCUT2D eigenvalue weighted by Crippen LogP contribution is -2.61. The first kappa shape index (κ1) is 71.0. The maximum absolute atomic E-state index is 14.1. The molecule has 0 saturated heterocycles. The van der Waals surface area contributed by atoms with E-state index < -0.39 is 187 Å². The second kappa shape index (κ2) is 35.0. The van der Waals surface area contributed by atoms with Gasteiger partial charge in [-0.2, -0.15) is 12.6 Å². The van der Waals surface area contributed by atoms with E-state index in [4.69, 9.17) is 22.9 Å². The van der Waals surface area contributed by atoms with Gasteiger partial charge in [0.2, 0.25) is 70.9 Å². The Morgan fingerprint density at radius 2 is 1.21 bits per heavy atom. The zero-order valence-electron chi connectivity index (χ0n) is 46.5. The van der Waals surface area contributed by atoms with Crippen LogP contribution in [0.25, 0.3) is 0 Å². The summed E-state index contributed by atoms with van der Waals surface area (Å²) in [4.78, 5) is 189. The third-order valence-electron chi connectivity index (χ3n) is 12.5. The minimum Gasteiger partial charge on any atom is -0.508 e. The number of primary amides is 2. The summed E-state index contributed by atoms with van der Waals surface area (Å²) in [5.74, 6) is -16.6. The number of aliphatic hydroxyl groups excluding tert-OH is 1. The van der Waals surface area contributed by atoms with Crippen molar-refractivity contribution < 1.29 is 87.5 Å². The van der Waals surface area contributed by atoms with Crippen LogP contribution in [0.1, 0.15) is 84.6 Å². The molecular formula is C50H75N15O18S. The van der Waals surface area contributed by atoms with E-state index in [0.717, 1.165) is 4.90 Å². The molecule has 34 heteroatoms. The molecule has 1 aromatic carbocycles. The Balaban J connectivity index is 2.41. The van der Waals surface area contributed by atoms with Crippen LogP contribution in [0.2, 0.25) is 0 Å². The monoisotopic (exact) mass is 1210 g/mol. The maximum atomic E-state index is 14.1. The number of aliphatic hydroxyl groups is 1. The highest BCUT2D eigenvalue weighted by Crippen LogP contribution is 2.14. The summed E-state index contributed by atoms with van der Waals surface area (Å²) in [5.41, 5.74) is 21.7. The number of carbonyl (C=O) groups is 14. The molecule has 0 bridgehead atoms. The Labute approximate surface area is 486 Å². The van der Waals surface area contributed by atoms with Crippen molar-refractivity contribution in [3.8, 4) is 5.75 Å². The molecule has 0 radical (unpaired) electrons. The van der Waals surface area contributed by atoms with Crippen LogP contribution in [0.3, 0.4) is 0 Å². The molecule has 0 aliphatic carbocycles. The average Bonchev–Trinajstić information content (AvgIpc) is 3.47. The molecule has 1 aromatic rings. The summed E-state index contributed by atoms with van der Waals surface area (Å²) < 4.78 is 0. The van der Waals surface area contributed by atoms with Gasteiger partial charge in [0.25, 0.3) is 0 Å². The minimum absolute atomic E-state index is 0.00774. The topological polar surface area (TPSA) is 548 Å². The van der Waals surface area contributed by atoms with Gasteiger partial charge in [-0.15, -0.1) is 0 Å². The summed E-state index contributed by atoms with van der Waals surface area (Å²) >= 11 is 4.11. The highest BCUT2D eigenvalue weighted by atomic mass is 32.1. The quantitative estimate of drug-likeness (QED) is 0.0108. The maximum Gasteiger partial charge on any atom is 0.305 e. The first-order valence-corrected chi connectivity index (χ1v) is 26.8. The zero-order chi connectivity index (χ0) is 63.5. The number of carboxylic acid groups (broad SMARTS) is 2. The second-order valence-electron chi connectivity index (χ2n) is 19.4. The molecule has 464 valence electrons.